The molecule has 4 nitrogen and oxygen atoms in total. The molecule has 0 spiro atoms. The second kappa shape index (κ2) is 9.94. The molecular weight excluding hydrogens is 432 g/mol. The highest BCUT2D eigenvalue weighted by Gasteiger charge is 2.12. The fourth-order valence-electron chi connectivity index (χ4n) is 2.64. The molecule has 0 atom stereocenters. The zero-order valence-corrected chi connectivity index (χ0v) is 17.8. The Morgan fingerprint density at radius 1 is 0.897 bits per heavy atom. The minimum Gasteiger partial charge on any atom is -0.493 e. The molecule has 3 aromatic rings. The minimum absolute atomic E-state index is 0.208. The first-order chi connectivity index (χ1) is 14.0. The first kappa shape index (κ1) is 20.7. The van der Waals surface area contributed by atoms with Crippen LogP contribution in [0.2, 0.25) is 0 Å². The standard InChI is InChI=1S/C24H21BrO4/c1-17-8-12-21(20(25)14-17)28-16-24(26)29-22-13-11-19(15-23(22)27-2)10-9-18-6-4-3-5-7-18/h3-15H,16H2,1-2H3/b10-9+. The van der Waals surface area contributed by atoms with Crippen LogP contribution in [0.5, 0.6) is 17.2 Å². The lowest BCUT2D eigenvalue weighted by Gasteiger charge is -2.11. The highest BCUT2D eigenvalue weighted by Crippen LogP contribution is 2.29. The summed E-state index contributed by atoms with van der Waals surface area (Å²) in [6.07, 6.45) is 3.98. The molecule has 0 heterocycles. The summed E-state index contributed by atoms with van der Waals surface area (Å²) in [5.74, 6) is 0.898. The predicted molar refractivity (Wildman–Crippen MR) is 118 cm³/mol. The van der Waals surface area contributed by atoms with Crippen molar-refractivity contribution in [3.8, 4) is 17.2 Å². The zero-order chi connectivity index (χ0) is 20.6. The fraction of sp³-hybridized carbons (Fsp3) is 0.125. The lowest BCUT2D eigenvalue weighted by atomic mass is 10.1. The van der Waals surface area contributed by atoms with Crippen molar-refractivity contribution >= 4 is 34.1 Å². The summed E-state index contributed by atoms with van der Waals surface area (Å²) in [6.45, 7) is 1.77. The SMILES string of the molecule is COc1cc(/C=C/c2ccccc2)ccc1OC(=O)COc1ccc(C)cc1Br. The maximum absolute atomic E-state index is 12.2. The van der Waals surface area contributed by atoms with Crippen molar-refractivity contribution in [1.29, 1.82) is 0 Å². The van der Waals surface area contributed by atoms with Crippen molar-refractivity contribution in [3.05, 3.63) is 87.9 Å². The Hall–Kier alpha value is -3.05. The molecule has 0 aliphatic rings. The summed E-state index contributed by atoms with van der Waals surface area (Å²) >= 11 is 3.42. The molecule has 0 unspecified atom stereocenters. The van der Waals surface area contributed by atoms with Crippen LogP contribution >= 0.6 is 15.9 Å². The van der Waals surface area contributed by atoms with E-state index in [-0.39, 0.29) is 6.61 Å². The summed E-state index contributed by atoms with van der Waals surface area (Å²) in [6, 6.07) is 21.0. The van der Waals surface area contributed by atoms with Gasteiger partial charge in [0.1, 0.15) is 5.75 Å². The number of aryl methyl sites for hydroxylation is 1. The van der Waals surface area contributed by atoms with Crippen molar-refractivity contribution in [3.63, 3.8) is 0 Å². The number of rotatable bonds is 7. The molecule has 0 aliphatic heterocycles. The topological polar surface area (TPSA) is 44.8 Å². The number of methoxy groups -OCH3 is 1. The monoisotopic (exact) mass is 452 g/mol. The van der Waals surface area contributed by atoms with E-state index in [2.05, 4.69) is 15.9 Å². The van der Waals surface area contributed by atoms with Gasteiger partial charge in [-0.05, 0) is 63.8 Å². The molecule has 0 aliphatic carbocycles. The highest BCUT2D eigenvalue weighted by atomic mass is 79.9. The van der Waals surface area contributed by atoms with Gasteiger partial charge >= 0.3 is 5.97 Å². The van der Waals surface area contributed by atoms with Gasteiger partial charge in [-0.15, -0.1) is 0 Å². The van der Waals surface area contributed by atoms with Gasteiger partial charge in [-0.25, -0.2) is 4.79 Å². The average molecular weight is 453 g/mol. The molecule has 148 valence electrons. The normalized spacial score (nSPS) is 10.7. The van der Waals surface area contributed by atoms with Crippen LogP contribution in [0, 0.1) is 6.92 Å². The van der Waals surface area contributed by atoms with Gasteiger partial charge in [0.25, 0.3) is 0 Å². The third kappa shape index (κ3) is 5.96. The van der Waals surface area contributed by atoms with Gasteiger partial charge in [0.2, 0.25) is 0 Å². The number of benzene rings is 3. The Kier molecular flexibility index (Phi) is 7.09. The molecule has 3 aromatic carbocycles. The fourth-order valence-corrected chi connectivity index (χ4v) is 3.25. The van der Waals surface area contributed by atoms with Crippen LogP contribution < -0.4 is 14.2 Å². The Bertz CT molecular complexity index is 1010. The van der Waals surface area contributed by atoms with Crippen molar-refractivity contribution in [2.45, 2.75) is 6.92 Å². The smallest absolute Gasteiger partial charge is 0.349 e. The molecule has 0 saturated carbocycles. The second-order valence-corrected chi connectivity index (χ2v) is 7.21. The van der Waals surface area contributed by atoms with Gasteiger partial charge in [-0.2, -0.15) is 0 Å². The molecule has 3 rings (SSSR count). The van der Waals surface area contributed by atoms with Gasteiger partial charge in [0.05, 0.1) is 11.6 Å². The molecule has 0 N–H and O–H groups in total. The number of ether oxygens (including phenoxy) is 3. The van der Waals surface area contributed by atoms with Crippen LogP contribution in [0.25, 0.3) is 12.2 Å². The van der Waals surface area contributed by atoms with E-state index >= 15 is 0 Å². The second-order valence-electron chi connectivity index (χ2n) is 6.35. The summed E-state index contributed by atoms with van der Waals surface area (Å²) in [5.41, 5.74) is 3.13. The van der Waals surface area contributed by atoms with Crippen LogP contribution in [-0.2, 0) is 4.79 Å². The Labute approximate surface area is 178 Å². The molecule has 0 radical (unpaired) electrons. The van der Waals surface area contributed by atoms with Crippen molar-refractivity contribution in [2.75, 3.05) is 13.7 Å². The molecule has 29 heavy (non-hydrogen) atoms. The van der Waals surface area contributed by atoms with E-state index in [4.69, 9.17) is 14.2 Å². The number of hydrogen-bond acceptors (Lipinski definition) is 4. The van der Waals surface area contributed by atoms with E-state index in [9.17, 15) is 4.79 Å². The molecule has 0 amide bonds. The lowest BCUT2D eigenvalue weighted by molar-refractivity contribution is -0.136. The summed E-state index contributed by atoms with van der Waals surface area (Å²) < 4.78 is 17.1. The zero-order valence-electron chi connectivity index (χ0n) is 16.2. The van der Waals surface area contributed by atoms with E-state index in [0.29, 0.717) is 17.2 Å². The van der Waals surface area contributed by atoms with Crippen LogP contribution in [0.3, 0.4) is 0 Å². The van der Waals surface area contributed by atoms with E-state index in [1.165, 1.54) is 7.11 Å². The third-order valence-electron chi connectivity index (χ3n) is 4.11. The van der Waals surface area contributed by atoms with E-state index in [1.807, 2.05) is 73.7 Å². The molecule has 0 fully saturated rings. The minimum atomic E-state index is -0.511. The molecule has 0 saturated heterocycles. The largest absolute Gasteiger partial charge is 0.493 e. The Morgan fingerprint density at radius 3 is 2.34 bits per heavy atom. The number of carbonyl (C=O) groups is 1. The first-order valence-electron chi connectivity index (χ1n) is 9.06. The van der Waals surface area contributed by atoms with E-state index < -0.39 is 5.97 Å². The van der Waals surface area contributed by atoms with Gasteiger partial charge in [0, 0.05) is 0 Å². The summed E-state index contributed by atoms with van der Waals surface area (Å²) in [4.78, 5) is 12.2. The Balaban J connectivity index is 1.64. The van der Waals surface area contributed by atoms with Gasteiger partial charge in [-0.1, -0.05) is 54.6 Å². The third-order valence-corrected chi connectivity index (χ3v) is 4.73. The lowest BCUT2D eigenvalue weighted by Crippen LogP contribution is -2.18. The van der Waals surface area contributed by atoms with Crippen LogP contribution in [0.1, 0.15) is 16.7 Å². The predicted octanol–water partition coefficient (Wildman–Crippen LogP) is 5.92. The van der Waals surface area contributed by atoms with E-state index in [1.54, 1.807) is 12.1 Å². The van der Waals surface area contributed by atoms with Gasteiger partial charge in [0.15, 0.2) is 18.1 Å². The number of esters is 1. The summed E-state index contributed by atoms with van der Waals surface area (Å²) in [7, 11) is 1.54. The number of halogens is 1. The van der Waals surface area contributed by atoms with Crippen LogP contribution in [0.4, 0.5) is 0 Å². The number of hydrogen-bond donors (Lipinski definition) is 0. The maximum Gasteiger partial charge on any atom is 0.349 e. The average Bonchev–Trinajstić information content (AvgIpc) is 2.73. The molecular formula is C24H21BrO4. The van der Waals surface area contributed by atoms with Crippen molar-refractivity contribution in [2.24, 2.45) is 0 Å². The molecule has 5 heteroatoms. The van der Waals surface area contributed by atoms with Crippen LogP contribution in [0.15, 0.2) is 71.2 Å². The van der Waals surface area contributed by atoms with Crippen LogP contribution in [-0.4, -0.2) is 19.7 Å². The number of carbonyl (C=O) groups excluding carboxylic acids is 1. The van der Waals surface area contributed by atoms with E-state index in [0.717, 1.165) is 21.2 Å². The van der Waals surface area contributed by atoms with Gasteiger partial charge in [-0.3, -0.25) is 0 Å². The van der Waals surface area contributed by atoms with Gasteiger partial charge < -0.3 is 14.2 Å². The molecule has 0 bridgehead atoms. The van der Waals surface area contributed by atoms with Crippen molar-refractivity contribution in [1.82, 2.24) is 0 Å². The molecule has 0 aromatic heterocycles. The summed E-state index contributed by atoms with van der Waals surface area (Å²) in [5, 5.41) is 0. The van der Waals surface area contributed by atoms with Crippen molar-refractivity contribution < 1.29 is 19.0 Å². The maximum atomic E-state index is 12.2. The first-order valence-corrected chi connectivity index (χ1v) is 9.85. The highest BCUT2D eigenvalue weighted by molar-refractivity contribution is 9.10. The quantitative estimate of drug-likeness (QED) is 0.253. The Morgan fingerprint density at radius 2 is 1.62 bits per heavy atom.